The molecule has 1 aromatic rings. The molecule has 1 N–H and O–H groups in total. The lowest BCUT2D eigenvalue weighted by Crippen LogP contribution is -2.18. The van der Waals surface area contributed by atoms with Crippen LogP contribution in [0.25, 0.3) is 0 Å². The largest absolute Gasteiger partial charge is 0.383 e. The quantitative estimate of drug-likeness (QED) is 0.808. The summed E-state index contributed by atoms with van der Waals surface area (Å²) in [6, 6.07) is 0. The zero-order chi connectivity index (χ0) is 13.8. The minimum absolute atomic E-state index is 0.229. The molecule has 0 aromatic carbocycles. The van der Waals surface area contributed by atoms with E-state index < -0.39 is 0 Å². The summed E-state index contributed by atoms with van der Waals surface area (Å²) < 4.78 is 10.9. The molecule has 4 unspecified atom stereocenters. The third-order valence-corrected chi connectivity index (χ3v) is 4.79. The summed E-state index contributed by atoms with van der Waals surface area (Å²) in [6.07, 6.45) is 0.527. The molecule has 108 valence electrons. The smallest absolute Gasteiger partial charge is 0.131 e. The molecule has 5 nitrogen and oxygen atoms in total. The summed E-state index contributed by atoms with van der Waals surface area (Å²) >= 11 is 1.69. The Hall–Kier alpha value is -0.560. The first-order valence-electron chi connectivity index (χ1n) is 6.81. The van der Waals surface area contributed by atoms with Gasteiger partial charge in [0.2, 0.25) is 0 Å². The number of aromatic nitrogens is 2. The molecule has 19 heavy (non-hydrogen) atoms. The molecule has 2 heterocycles. The van der Waals surface area contributed by atoms with Gasteiger partial charge in [0.1, 0.15) is 10.0 Å². The maximum atomic E-state index is 5.87. The third kappa shape index (κ3) is 3.51. The molecule has 2 rings (SSSR count). The van der Waals surface area contributed by atoms with Gasteiger partial charge in [0.25, 0.3) is 0 Å². The molecular weight excluding hydrogens is 262 g/mol. The Labute approximate surface area is 118 Å². The molecule has 1 aromatic heterocycles. The van der Waals surface area contributed by atoms with Crippen LogP contribution in [0.1, 0.15) is 36.7 Å². The van der Waals surface area contributed by atoms with Crippen molar-refractivity contribution in [3.05, 3.63) is 10.0 Å². The molecule has 0 saturated carbocycles. The zero-order valence-corrected chi connectivity index (χ0v) is 12.9. The predicted octanol–water partition coefficient (Wildman–Crippen LogP) is 1.80. The molecule has 0 radical (unpaired) electrons. The monoisotopic (exact) mass is 285 g/mol. The average molecular weight is 285 g/mol. The average Bonchev–Trinajstić information content (AvgIpc) is 2.91. The van der Waals surface area contributed by atoms with Gasteiger partial charge in [0.05, 0.1) is 18.8 Å². The van der Waals surface area contributed by atoms with Crippen LogP contribution in [0.5, 0.6) is 0 Å². The molecule has 0 bridgehead atoms. The Bertz CT molecular complexity index is 399. The van der Waals surface area contributed by atoms with E-state index in [2.05, 4.69) is 36.3 Å². The molecule has 4 atom stereocenters. The van der Waals surface area contributed by atoms with Crippen LogP contribution in [0, 0.1) is 5.92 Å². The maximum Gasteiger partial charge on any atom is 0.131 e. The summed E-state index contributed by atoms with van der Waals surface area (Å²) in [6.45, 7) is 8.80. The highest BCUT2D eigenvalue weighted by atomic mass is 32.1. The van der Waals surface area contributed by atoms with Crippen molar-refractivity contribution in [2.75, 3.05) is 20.3 Å². The number of hydrogen-bond acceptors (Lipinski definition) is 6. The molecule has 1 aliphatic rings. The fourth-order valence-electron chi connectivity index (χ4n) is 2.53. The van der Waals surface area contributed by atoms with Gasteiger partial charge < -0.3 is 14.8 Å². The fourth-order valence-corrected chi connectivity index (χ4v) is 3.66. The third-order valence-electron chi connectivity index (χ3n) is 3.77. The lowest BCUT2D eigenvalue weighted by atomic mass is 9.90. The van der Waals surface area contributed by atoms with E-state index in [0.29, 0.717) is 24.5 Å². The SMILES string of the molecule is COCCNCc1nnc(C2C(C)OC(C)C2C)s1. The van der Waals surface area contributed by atoms with Crippen molar-refractivity contribution >= 4 is 11.3 Å². The van der Waals surface area contributed by atoms with Gasteiger partial charge in [-0.1, -0.05) is 18.3 Å². The van der Waals surface area contributed by atoms with Crippen LogP contribution >= 0.6 is 11.3 Å². The molecule has 1 fully saturated rings. The predicted molar refractivity (Wildman–Crippen MR) is 75.4 cm³/mol. The van der Waals surface area contributed by atoms with Crippen molar-refractivity contribution in [1.82, 2.24) is 15.5 Å². The Kier molecular flexibility index (Phi) is 5.27. The second kappa shape index (κ2) is 6.74. The number of rotatable bonds is 6. The lowest BCUT2D eigenvalue weighted by molar-refractivity contribution is 0.0556. The first-order valence-corrected chi connectivity index (χ1v) is 7.62. The molecule has 0 aliphatic carbocycles. The Morgan fingerprint density at radius 2 is 2.05 bits per heavy atom. The van der Waals surface area contributed by atoms with Gasteiger partial charge in [0.15, 0.2) is 0 Å². The van der Waals surface area contributed by atoms with Crippen LogP contribution < -0.4 is 5.32 Å². The van der Waals surface area contributed by atoms with E-state index in [1.165, 1.54) is 0 Å². The number of methoxy groups -OCH3 is 1. The van der Waals surface area contributed by atoms with Gasteiger partial charge in [0, 0.05) is 26.1 Å². The van der Waals surface area contributed by atoms with Crippen LogP contribution in [-0.4, -0.2) is 42.7 Å². The molecular formula is C13H23N3O2S. The van der Waals surface area contributed by atoms with Crippen molar-refractivity contribution in [2.45, 2.75) is 45.4 Å². The van der Waals surface area contributed by atoms with Gasteiger partial charge in [-0.25, -0.2) is 0 Å². The lowest BCUT2D eigenvalue weighted by Gasteiger charge is -2.14. The highest BCUT2D eigenvalue weighted by Crippen LogP contribution is 2.40. The van der Waals surface area contributed by atoms with E-state index in [4.69, 9.17) is 9.47 Å². The van der Waals surface area contributed by atoms with E-state index in [9.17, 15) is 0 Å². The molecule has 1 saturated heterocycles. The first kappa shape index (κ1) is 14.8. The van der Waals surface area contributed by atoms with Gasteiger partial charge >= 0.3 is 0 Å². The molecule has 6 heteroatoms. The number of nitrogens with zero attached hydrogens (tertiary/aromatic N) is 2. The Balaban J connectivity index is 1.93. The maximum absolute atomic E-state index is 5.87. The highest BCUT2D eigenvalue weighted by molar-refractivity contribution is 7.11. The number of nitrogens with one attached hydrogen (secondary N) is 1. The van der Waals surface area contributed by atoms with E-state index >= 15 is 0 Å². The second-order valence-corrected chi connectivity index (χ2v) is 6.23. The summed E-state index contributed by atoms with van der Waals surface area (Å²) in [5.41, 5.74) is 0. The van der Waals surface area contributed by atoms with E-state index in [0.717, 1.165) is 23.1 Å². The number of ether oxygens (including phenoxy) is 2. The van der Waals surface area contributed by atoms with Gasteiger partial charge in [-0.05, 0) is 19.8 Å². The summed E-state index contributed by atoms with van der Waals surface area (Å²) in [5.74, 6) is 0.873. The van der Waals surface area contributed by atoms with Crippen molar-refractivity contribution in [2.24, 2.45) is 5.92 Å². The second-order valence-electron chi connectivity index (χ2n) is 5.13. The van der Waals surface area contributed by atoms with Crippen molar-refractivity contribution in [3.63, 3.8) is 0 Å². The van der Waals surface area contributed by atoms with Crippen molar-refractivity contribution in [1.29, 1.82) is 0 Å². The van der Waals surface area contributed by atoms with Crippen LogP contribution in [0.15, 0.2) is 0 Å². The van der Waals surface area contributed by atoms with E-state index in [1.54, 1.807) is 18.4 Å². The van der Waals surface area contributed by atoms with Crippen LogP contribution in [0.3, 0.4) is 0 Å². The summed E-state index contributed by atoms with van der Waals surface area (Å²) in [7, 11) is 1.70. The molecule has 0 amide bonds. The minimum atomic E-state index is 0.229. The topological polar surface area (TPSA) is 56.3 Å². The van der Waals surface area contributed by atoms with Crippen LogP contribution in [-0.2, 0) is 16.0 Å². The van der Waals surface area contributed by atoms with Gasteiger partial charge in [-0.2, -0.15) is 0 Å². The van der Waals surface area contributed by atoms with Gasteiger partial charge in [-0.15, -0.1) is 10.2 Å². The normalized spacial score (nSPS) is 30.9. The first-order chi connectivity index (χ1) is 9.13. The van der Waals surface area contributed by atoms with Crippen LogP contribution in [0.2, 0.25) is 0 Å². The van der Waals surface area contributed by atoms with E-state index in [1.807, 2.05) is 0 Å². The zero-order valence-electron chi connectivity index (χ0n) is 12.0. The van der Waals surface area contributed by atoms with Gasteiger partial charge in [-0.3, -0.25) is 0 Å². The Morgan fingerprint density at radius 3 is 2.68 bits per heavy atom. The number of hydrogen-bond donors (Lipinski definition) is 1. The fraction of sp³-hybridized carbons (Fsp3) is 0.846. The molecule has 0 spiro atoms. The van der Waals surface area contributed by atoms with Crippen molar-refractivity contribution < 1.29 is 9.47 Å². The van der Waals surface area contributed by atoms with Crippen LogP contribution in [0.4, 0.5) is 0 Å². The minimum Gasteiger partial charge on any atom is -0.383 e. The summed E-state index contributed by atoms with van der Waals surface area (Å²) in [4.78, 5) is 0. The van der Waals surface area contributed by atoms with Crippen molar-refractivity contribution in [3.8, 4) is 0 Å². The van der Waals surface area contributed by atoms with E-state index in [-0.39, 0.29) is 6.10 Å². The summed E-state index contributed by atoms with van der Waals surface area (Å²) in [5, 5.41) is 14.0. The Morgan fingerprint density at radius 1 is 1.26 bits per heavy atom. The highest BCUT2D eigenvalue weighted by Gasteiger charge is 2.39. The standard InChI is InChI=1S/C13H23N3O2S/c1-8-9(2)18-10(3)12(8)13-16-15-11(19-13)7-14-5-6-17-4/h8-10,12,14H,5-7H2,1-4H3. The molecule has 1 aliphatic heterocycles.